The van der Waals surface area contributed by atoms with E-state index < -0.39 is 17.9 Å². The molecule has 2 N–H and O–H groups in total. The number of ketones is 1. The smallest absolute Gasteiger partial charge is 0.657 e. The Morgan fingerprint density at radius 2 is 1.37 bits per heavy atom. The zero-order chi connectivity index (χ0) is 45.8. The maximum atomic E-state index is 14.3. The summed E-state index contributed by atoms with van der Waals surface area (Å²) in [5.74, 6) is 40.9. The van der Waals surface area contributed by atoms with Crippen LogP contribution in [0.25, 0.3) is 39.3 Å². The average Bonchev–Trinajstić information content (AvgIpc) is 4.03. The first-order valence-electron chi connectivity index (χ1n) is 19.9. The number of esters is 2. The number of nitrogens with one attached hydrogen (secondary N) is 2. The standard InChI is InChI=1S/C55H35N4O5.Mg/c1-9-12-13-14-15-16-17-18-19-20-21-22-23-24-25-26-27-28-31-64-48(60)30-29-41-37(6)44-32-42-35(4)39(10-2)46(56-42)33-43-36(5)40(11-3)47(57-43)34-45-38(7)49-53(59-45)50(52(41)58-44)51(54(49)61)55(62)63-8;/h1,10,32-34,37,41,51H,2,11,29-30H2,3-8H3,(H-,56,57,58,59,61);/q-1;+2/p+1. The van der Waals surface area contributed by atoms with Crippen molar-refractivity contribution in [3.63, 3.8) is 0 Å². The molecule has 5 heterocycles. The van der Waals surface area contributed by atoms with E-state index in [4.69, 9.17) is 25.9 Å². The first kappa shape index (κ1) is 47.6. The normalized spacial score (nSPS) is 14.2. The number of ether oxygens (including phenoxy) is 2. The van der Waals surface area contributed by atoms with E-state index in [0.29, 0.717) is 40.2 Å². The number of nitrogens with zero attached hydrogens (tertiary/aromatic N) is 2. The number of Topliss-reactive ketones (excluding diaryl/α,β-unsaturated/α-hetero) is 1. The first-order valence-corrected chi connectivity index (χ1v) is 19.9. The van der Waals surface area contributed by atoms with Crippen LogP contribution in [0, 0.1) is 133 Å². The van der Waals surface area contributed by atoms with Crippen molar-refractivity contribution >= 4 is 80.1 Å². The van der Waals surface area contributed by atoms with Crippen LogP contribution in [0.3, 0.4) is 0 Å². The number of H-pyrrole nitrogens is 2. The zero-order valence-electron chi connectivity index (χ0n) is 36.6. The van der Waals surface area contributed by atoms with Gasteiger partial charge in [-0.25, -0.2) is 9.97 Å². The quantitative estimate of drug-likeness (QED) is 0.155. The van der Waals surface area contributed by atoms with Gasteiger partial charge in [0.15, 0.2) is 23.1 Å². The second kappa shape index (κ2) is 22.1. The number of hydrogen-bond donors (Lipinski definition) is 0. The molecule has 3 aromatic heterocycles. The molecule has 10 heteroatoms. The predicted octanol–water partition coefficient (Wildman–Crippen LogP) is 4.45. The molecule has 0 radical (unpaired) electrons. The van der Waals surface area contributed by atoms with Gasteiger partial charge in [0, 0.05) is 71.2 Å². The molecule has 1 aliphatic carbocycles. The molecule has 0 fully saturated rings. The van der Waals surface area contributed by atoms with Crippen LogP contribution in [-0.2, 0) is 30.3 Å². The van der Waals surface area contributed by atoms with E-state index in [9.17, 15) is 14.4 Å². The summed E-state index contributed by atoms with van der Waals surface area (Å²) in [7, 11) is 1.27. The first-order chi connectivity index (χ1) is 31.0. The molecule has 0 amide bonds. The molecular weight excluding hydrogens is 821 g/mol. The third-order valence-corrected chi connectivity index (χ3v) is 10.9. The minimum atomic E-state index is -1.23. The third-order valence-electron chi connectivity index (χ3n) is 10.9. The van der Waals surface area contributed by atoms with Crippen molar-refractivity contribution in [3.05, 3.63) is 75.4 Å². The Labute approximate surface area is 395 Å². The largest absolute Gasteiger partial charge is 2.00 e. The van der Waals surface area contributed by atoms with E-state index in [2.05, 4.69) is 143 Å². The van der Waals surface area contributed by atoms with E-state index >= 15 is 0 Å². The van der Waals surface area contributed by atoms with Gasteiger partial charge in [-0.1, -0.05) is 49.3 Å². The Hall–Kier alpha value is -8.42. The SMILES string of the molecule is C#CC#CC#CC#CC#CC#CC#CC#CC#CC#COC(=O)CCC1c2[nH+]c(cc3[n-]c(cc4[n-]c(cc5[nH+]c6c2C(C(=O)OC)C(=O)C6=C5C)c(CC)c4C)c(C=C)c3C)C1C.[Mg+2]. The molecule has 0 spiro atoms. The number of terminal acetylenes is 1. The molecule has 0 saturated heterocycles. The minimum absolute atomic E-state index is 0. The summed E-state index contributed by atoms with van der Waals surface area (Å²) in [5, 5.41) is 0. The molecule has 3 aliphatic rings. The molecule has 8 bridgehead atoms. The van der Waals surface area contributed by atoms with Gasteiger partial charge in [-0.05, 0) is 98.7 Å². The number of rotatable bonds is 6. The molecule has 65 heavy (non-hydrogen) atoms. The summed E-state index contributed by atoms with van der Waals surface area (Å²) in [4.78, 5) is 58.1. The molecule has 2 aliphatic heterocycles. The number of aryl methyl sites for hydroxylation is 3. The summed E-state index contributed by atoms with van der Waals surface area (Å²) in [6.45, 7) is 14.1. The van der Waals surface area contributed by atoms with Gasteiger partial charge in [-0.3, -0.25) is 14.4 Å². The van der Waals surface area contributed by atoms with Crippen molar-refractivity contribution in [2.24, 2.45) is 0 Å². The van der Waals surface area contributed by atoms with E-state index in [1.54, 1.807) is 6.08 Å². The van der Waals surface area contributed by atoms with Gasteiger partial charge in [-0.2, -0.15) is 0 Å². The van der Waals surface area contributed by atoms with Crippen molar-refractivity contribution < 1.29 is 33.8 Å². The fourth-order valence-corrected chi connectivity index (χ4v) is 7.77. The fraction of sp³-hybridized carbons (Fsp3) is 0.218. The number of carbonyl (C=O) groups excluding carboxylic acids is 3. The third kappa shape index (κ3) is 10.4. The molecule has 0 saturated carbocycles. The Bertz CT molecular complexity index is 3450. The number of hydrogen-bond acceptors (Lipinski definition) is 5. The molecule has 306 valence electrons. The van der Waals surface area contributed by atoms with Crippen LogP contribution in [0.1, 0.15) is 102 Å². The maximum Gasteiger partial charge on any atom is 2.00 e. The van der Waals surface area contributed by atoms with Crippen LogP contribution in [0.15, 0.2) is 24.8 Å². The van der Waals surface area contributed by atoms with Gasteiger partial charge >= 0.3 is 35.0 Å². The van der Waals surface area contributed by atoms with E-state index in [1.165, 1.54) is 7.11 Å². The summed E-state index contributed by atoms with van der Waals surface area (Å²) < 4.78 is 10.4. The van der Waals surface area contributed by atoms with Crippen molar-refractivity contribution in [1.29, 1.82) is 0 Å². The van der Waals surface area contributed by atoms with Crippen molar-refractivity contribution in [3.8, 4) is 119 Å². The summed E-state index contributed by atoms with van der Waals surface area (Å²) in [6, 6.07) is 5.93. The molecule has 3 aromatic rings. The number of aromatic amines is 2. The van der Waals surface area contributed by atoms with Crippen LogP contribution >= 0.6 is 0 Å². The Morgan fingerprint density at radius 3 is 1.94 bits per heavy atom. The number of methoxy groups -OCH3 is 1. The second-order valence-corrected chi connectivity index (χ2v) is 14.3. The molecule has 3 atom stereocenters. The van der Waals surface area contributed by atoms with E-state index in [0.717, 1.165) is 56.4 Å². The van der Waals surface area contributed by atoms with Gasteiger partial charge < -0.3 is 19.4 Å². The van der Waals surface area contributed by atoms with Gasteiger partial charge in [0.25, 0.3) is 0 Å². The van der Waals surface area contributed by atoms with Gasteiger partial charge in [0.05, 0.1) is 18.9 Å². The molecule has 9 nitrogen and oxygen atoms in total. The summed E-state index contributed by atoms with van der Waals surface area (Å²) in [5.41, 5.74) is 11.2. The summed E-state index contributed by atoms with van der Waals surface area (Å²) in [6.07, 6.45) is 10.1. The van der Waals surface area contributed by atoms with E-state index in [-0.39, 0.29) is 47.1 Å². The molecular formula is C55H36MgN4O5+2. The van der Waals surface area contributed by atoms with E-state index in [1.807, 2.05) is 39.0 Å². The Balaban J connectivity index is 0.00000793. The van der Waals surface area contributed by atoms with Crippen molar-refractivity contribution in [1.82, 2.24) is 9.97 Å². The predicted molar refractivity (Wildman–Crippen MR) is 249 cm³/mol. The van der Waals surface area contributed by atoms with Crippen LogP contribution in [0.5, 0.6) is 0 Å². The minimum Gasteiger partial charge on any atom is -0.657 e. The Kier molecular flexibility index (Phi) is 16.2. The van der Waals surface area contributed by atoms with Gasteiger partial charge in [-0.15, -0.1) is 28.5 Å². The topological polar surface area (TPSA) is 126 Å². The zero-order valence-corrected chi connectivity index (χ0v) is 38.0. The van der Waals surface area contributed by atoms with Gasteiger partial charge in [0.2, 0.25) is 11.4 Å². The van der Waals surface area contributed by atoms with Crippen molar-refractivity contribution in [2.45, 2.75) is 71.6 Å². The fourth-order valence-electron chi connectivity index (χ4n) is 7.77. The number of carbonyl (C=O) groups is 3. The number of aromatic nitrogens is 4. The molecule has 0 aromatic carbocycles. The number of fused-ring (bicyclic) bond motifs is 8. The number of allylic oxidation sites excluding steroid dienone is 2. The molecule has 3 unspecified atom stereocenters. The van der Waals surface area contributed by atoms with Crippen LogP contribution in [0.2, 0.25) is 0 Å². The van der Waals surface area contributed by atoms with Crippen molar-refractivity contribution in [2.75, 3.05) is 7.11 Å². The summed E-state index contributed by atoms with van der Waals surface area (Å²) >= 11 is 0. The maximum absolute atomic E-state index is 14.3. The molecule has 6 rings (SSSR count). The average molecular weight is 857 g/mol. The van der Waals surface area contributed by atoms with Crippen LogP contribution in [0.4, 0.5) is 0 Å². The van der Waals surface area contributed by atoms with Gasteiger partial charge in [0.1, 0.15) is 17.2 Å². The second-order valence-electron chi connectivity index (χ2n) is 14.3. The van der Waals surface area contributed by atoms with Crippen LogP contribution < -0.4 is 19.9 Å². The monoisotopic (exact) mass is 856 g/mol. The van der Waals surface area contributed by atoms with Crippen LogP contribution in [-0.4, -0.2) is 47.9 Å². The Morgan fingerprint density at radius 1 is 0.800 bits per heavy atom.